The number of carbonyl (C=O) groups excluding carboxylic acids is 1. The summed E-state index contributed by atoms with van der Waals surface area (Å²) in [5.41, 5.74) is 0.117. The Morgan fingerprint density at radius 2 is 1.68 bits per heavy atom. The monoisotopic (exact) mass is 477 g/mol. The van der Waals surface area contributed by atoms with Gasteiger partial charge in [-0.1, -0.05) is 19.1 Å². The van der Waals surface area contributed by atoms with Crippen molar-refractivity contribution in [3.8, 4) is 0 Å². The van der Waals surface area contributed by atoms with Crippen molar-refractivity contribution < 1.29 is 49.1 Å². The molecule has 11 heteroatoms. The molecule has 1 aromatic carbocycles. The lowest BCUT2D eigenvalue weighted by Crippen LogP contribution is -2.47. The van der Waals surface area contributed by atoms with E-state index in [0.29, 0.717) is 18.6 Å². The van der Waals surface area contributed by atoms with E-state index in [1.54, 1.807) is 31.2 Å². The van der Waals surface area contributed by atoms with E-state index in [1.165, 1.54) is 18.4 Å². The Kier molecular flexibility index (Phi) is 9.34. The van der Waals surface area contributed by atoms with E-state index < -0.39 is 47.9 Å². The third-order valence-corrected chi connectivity index (χ3v) is 5.54. The van der Waals surface area contributed by atoms with Crippen LogP contribution in [0.15, 0.2) is 47.1 Å². The molecule has 11 nitrogen and oxygen atoms in total. The minimum atomic E-state index is -1.74. The van der Waals surface area contributed by atoms with Gasteiger partial charge in [-0.05, 0) is 43.0 Å². The van der Waals surface area contributed by atoms with Crippen molar-refractivity contribution in [3.05, 3.63) is 59.5 Å². The van der Waals surface area contributed by atoms with Gasteiger partial charge in [-0.3, -0.25) is 9.59 Å². The van der Waals surface area contributed by atoms with E-state index >= 15 is 0 Å². The second-order valence-corrected chi connectivity index (χ2v) is 8.07. The Bertz CT molecular complexity index is 1000. The van der Waals surface area contributed by atoms with Crippen LogP contribution in [0.2, 0.25) is 0 Å². The average Bonchev–Trinajstić information content (AvgIpc) is 3.30. The van der Waals surface area contributed by atoms with Crippen LogP contribution in [0, 0.1) is 17.8 Å². The second kappa shape index (κ2) is 12.0. The fourth-order valence-electron chi connectivity index (χ4n) is 3.95. The smallest absolute Gasteiger partial charge is 0.336 e. The summed E-state index contributed by atoms with van der Waals surface area (Å²) in [5, 5.41) is 48.2. The molecule has 2 aromatic rings. The van der Waals surface area contributed by atoms with Gasteiger partial charge in [0.2, 0.25) is 0 Å². The van der Waals surface area contributed by atoms with Crippen LogP contribution in [-0.4, -0.2) is 61.6 Å². The zero-order valence-corrected chi connectivity index (χ0v) is 18.3. The van der Waals surface area contributed by atoms with E-state index in [2.05, 4.69) is 5.32 Å². The number of aromatic carboxylic acids is 1. The molecule has 6 N–H and O–H groups in total. The van der Waals surface area contributed by atoms with Gasteiger partial charge in [-0.2, -0.15) is 0 Å². The number of hydrogen-bond donors (Lipinski definition) is 6. The standard InChI is InChI=1S/C13H11NO4.C10H16O6/c15-12(14-8-9-4-3-7-18-9)10-5-1-2-6-11(10)13(16)17;1-4-2-5(8(12)10(15)16)7(9(13)14)6(11)3-4/h1-7H,8H2,(H,14,15)(H,16,17);4-8,11-12H,2-3H2,1H3,(H,13,14)(H,15,16). The molecule has 1 aliphatic rings. The normalized spacial score (nSPS) is 22.6. The number of hydrogen-bond acceptors (Lipinski definition) is 7. The van der Waals surface area contributed by atoms with Crippen LogP contribution in [0.3, 0.4) is 0 Å². The Morgan fingerprint density at radius 3 is 2.21 bits per heavy atom. The van der Waals surface area contributed by atoms with E-state index in [4.69, 9.17) is 19.7 Å². The molecule has 0 radical (unpaired) electrons. The quantitative estimate of drug-likeness (QED) is 0.340. The first-order chi connectivity index (χ1) is 16.0. The fourth-order valence-corrected chi connectivity index (χ4v) is 3.95. The predicted octanol–water partition coefficient (Wildman–Crippen LogP) is 1.45. The molecule has 1 amide bonds. The SMILES string of the molecule is CC1CC(O)C(C(=O)O)C(C(O)C(=O)O)C1.O=C(O)c1ccccc1C(=O)NCc1ccco1. The Balaban J connectivity index is 0.000000242. The van der Waals surface area contributed by atoms with E-state index in [9.17, 15) is 29.4 Å². The molecule has 0 saturated heterocycles. The lowest BCUT2D eigenvalue weighted by atomic mass is 9.70. The molecule has 5 atom stereocenters. The third kappa shape index (κ3) is 6.90. The maximum atomic E-state index is 11.8. The zero-order chi connectivity index (χ0) is 25.4. The molecule has 1 aliphatic carbocycles. The van der Waals surface area contributed by atoms with Crippen LogP contribution in [-0.2, 0) is 16.1 Å². The number of carboxylic acid groups (broad SMARTS) is 3. The molecule has 1 saturated carbocycles. The number of carboxylic acids is 3. The molecule has 1 aromatic heterocycles. The Morgan fingerprint density at radius 1 is 1.03 bits per heavy atom. The van der Waals surface area contributed by atoms with Crippen LogP contribution in [0.5, 0.6) is 0 Å². The molecular weight excluding hydrogens is 450 g/mol. The highest BCUT2D eigenvalue weighted by atomic mass is 16.4. The number of amides is 1. The Labute approximate surface area is 194 Å². The summed E-state index contributed by atoms with van der Waals surface area (Å²) >= 11 is 0. The van der Waals surface area contributed by atoms with Gasteiger partial charge in [-0.25, -0.2) is 9.59 Å². The zero-order valence-electron chi connectivity index (χ0n) is 18.3. The van der Waals surface area contributed by atoms with Crippen LogP contribution >= 0.6 is 0 Å². The van der Waals surface area contributed by atoms with Gasteiger partial charge >= 0.3 is 17.9 Å². The predicted molar refractivity (Wildman–Crippen MR) is 116 cm³/mol. The number of rotatable bonds is 7. The number of aliphatic hydroxyl groups is 2. The molecule has 0 bridgehead atoms. The highest BCUT2D eigenvalue weighted by Crippen LogP contribution is 2.36. The van der Waals surface area contributed by atoms with Crippen molar-refractivity contribution in [2.24, 2.45) is 17.8 Å². The van der Waals surface area contributed by atoms with Crippen LogP contribution in [0.1, 0.15) is 46.2 Å². The number of carbonyl (C=O) groups is 4. The third-order valence-electron chi connectivity index (χ3n) is 5.54. The van der Waals surface area contributed by atoms with Gasteiger partial charge in [0.25, 0.3) is 5.91 Å². The molecular formula is C23H27NO10. The average molecular weight is 477 g/mol. The molecule has 0 aliphatic heterocycles. The summed E-state index contributed by atoms with van der Waals surface area (Å²) in [6.07, 6.45) is -0.715. The van der Waals surface area contributed by atoms with Gasteiger partial charge in [-0.15, -0.1) is 0 Å². The molecule has 3 rings (SSSR count). The van der Waals surface area contributed by atoms with Crippen molar-refractivity contribution in [1.82, 2.24) is 5.32 Å². The summed E-state index contributed by atoms with van der Waals surface area (Å²) in [6, 6.07) is 9.50. The van der Waals surface area contributed by atoms with Crippen LogP contribution in [0.25, 0.3) is 0 Å². The highest BCUT2D eigenvalue weighted by Gasteiger charge is 2.45. The van der Waals surface area contributed by atoms with Crippen molar-refractivity contribution >= 4 is 23.8 Å². The maximum Gasteiger partial charge on any atom is 0.336 e. The highest BCUT2D eigenvalue weighted by molar-refractivity contribution is 6.04. The number of nitrogens with one attached hydrogen (secondary N) is 1. The summed E-state index contributed by atoms with van der Waals surface area (Å²) in [4.78, 5) is 44.4. The Hall–Kier alpha value is -3.70. The van der Waals surface area contributed by atoms with E-state index in [1.807, 2.05) is 0 Å². The van der Waals surface area contributed by atoms with Gasteiger partial charge < -0.3 is 35.3 Å². The second-order valence-electron chi connectivity index (χ2n) is 8.07. The molecule has 1 heterocycles. The lowest BCUT2D eigenvalue weighted by Gasteiger charge is -2.37. The maximum absolute atomic E-state index is 11.8. The first-order valence-electron chi connectivity index (χ1n) is 10.5. The molecule has 0 spiro atoms. The van der Waals surface area contributed by atoms with Crippen molar-refractivity contribution in [3.63, 3.8) is 0 Å². The van der Waals surface area contributed by atoms with E-state index in [-0.39, 0.29) is 23.6 Å². The van der Waals surface area contributed by atoms with Crippen molar-refractivity contribution in [2.45, 2.75) is 38.5 Å². The molecule has 5 unspecified atom stereocenters. The summed E-state index contributed by atoms with van der Waals surface area (Å²) in [5.74, 6) is -5.80. The molecule has 184 valence electrons. The van der Waals surface area contributed by atoms with Gasteiger partial charge in [0.05, 0.1) is 36.0 Å². The van der Waals surface area contributed by atoms with Gasteiger partial charge in [0, 0.05) is 5.92 Å². The first kappa shape index (κ1) is 26.6. The fraction of sp³-hybridized carbons (Fsp3) is 0.391. The van der Waals surface area contributed by atoms with Gasteiger partial charge in [0.1, 0.15) is 5.76 Å². The van der Waals surface area contributed by atoms with Gasteiger partial charge in [0.15, 0.2) is 6.10 Å². The number of aliphatic hydroxyl groups excluding tert-OH is 2. The number of furan rings is 1. The minimum absolute atomic E-state index is 0.00426. The topological polar surface area (TPSA) is 195 Å². The van der Waals surface area contributed by atoms with E-state index in [0.717, 1.165) is 0 Å². The van der Waals surface area contributed by atoms with Crippen LogP contribution in [0.4, 0.5) is 0 Å². The largest absolute Gasteiger partial charge is 0.481 e. The number of benzene rings is 1. The minimum Gasteiger partial charge on any atom is -0.481 e. The lowest BCUT2D eigenvalue weighted by molar-refractivity contribution is -0.164. The first-order valence-corrected chi connectivity index (χ1v) is 10.5. The summed E-state index contributed by atoms with van der Waals surface area (Å²) in [7, 11) is 0. The molecule has 34 heavy (non-hydrogen) atoms. The van der Waals surface area contributed by atoms with Crippen LogP contribution < -0.4 is 5.32 Å². The summed E-state index contributed by atoms with van der Waals surface area (Å²) < 4.78 is 5.07. The molecule has 1 fully saturated rings. The number of aliphatic carboxylic acids is 2. The van der Waals surface area contributed by atoms with Crippen molar-refractivity contribution in [2.75, 3.05) is 0 Å². The summed E-state index contributed by atoms with van der Waals surface area (Å²) in [6.45, 7) is 2.02. The van der Waals surface area contributed by atoms with Crippen molar-refractivity contribution in [1.29, 1.82) is 0 Å².